The number of ether oxygens (including phenoxy) is 1. The zero-order chi connectivity index (χ0) is 10.6. The van der Waals surface area contributed by atoms with Gasteiger partial charge in [-0.2, -0.15) is 0 Å². The maximum atomic E-state index is 11.2. The van der Waals surface area contributed by atoms with E-state index in [2.05, 4.69) is 4.98 Å². The number of carboxylic acid groups (broad SMARTS) is 1. The van der Waals surface area contributed by atoms with Crippen LogP contribution in [0.1, 0.15) is 16.9 Å². The van der Waals surface area contributed by atoms with Crippen LogP contribution in [0.5, 0.6) is 5.75 Å². The molecule has 1 rings (SSSR count). The smallest absolute Gasteiger partial charge is 0.311 e. The fourth-order valence-corrected chi connectivity index (χ4v) is 0.919. The average molecular weight is 195 g/mol. The van der Waals surface area contributed by atoms with Gasteiger partial charge in [0, 0.05) is 12.3 Å². The summed E-state index contributed by atoms with van der Waals surface area (Å²) in [7, 11) is 1.46. The van der Waals surface area contributed by atoms with Crippen LogP contribution in [0.3, 0.4) is 0 Å². The third-order valence-corrected chi connectivity index (χ3v) is 1.56. The standard InChI is InChI=1S/C9H9NO4/c1-14-6-2-3-10-7(4-6)8(11)5-9(12)13/h2-4H,5H2,1H3,(H,12,13). The molecule has 0 bridgehead atoms. The SMILES string of the molecule is COc1ccnc(C(=O)CC(=O)O)c1. The third-order valence-electron chi connectivity index (χ3n) is 1.56. The first kappa shape index (κ1) is 10.2. The summed E-state index contributed by atoms with van der Waals surface area (Å²) in [6, 6.07) is 2.99. The van der Waals surface area contributed by atoms with E-state index in [0.717, 1.165) is 0 Å². The molecule has 74 valence electrons. The summed E-state index contributed by atoms with van der Waals surface area (Å²) >= 11 is 0. The molecule has 0 aliphatic rings. The molecule has 1 aromatic heterocycles. The van der Waals surface area contributed by atoms with Crippen LogP contribution in [0, 0.1) is 0 Å². The Kier molecular flexibility index (Phi) is 3.17. The number of hydrogen-bond donors (Lipinski definition) is 1. The molecule has 0 aliphatic heterocycles. The van der Waals surface area contributed by atoms with Crippen molar-refractivity contribution in [1.29, 1.82) is 0 Å². The number of carboxylic acids is 1. The van der Waals surface area contributed by atoms with Crippen molar-refractivity contribution in [3.05, 3.63) is 24.0 Å². The van der Waals surface area contributed by atoms with Crippen LogP contribution in [-0.4, -0.2) is 29.0 Å². The highest BCUT2D eigenvalue weighted by molar-refractivity contribution is 6.04. The summed E-state index contributed by atoms with van der Waals surface area (Å²) < 4.78 is 4.87. The molecule has 0 aliphatic carbocycles. The minimum Gasteiger partial charge on any atom is -0.497 e. The van der Waals surface area contributed by atoms with Gasteiger partial charge in [0.15, 0.2) is 5.78 Å². The van der Waals surface area contributed by atoms with E-state index in [9.17, 15) is 9.59 Å². The molecule has 1 N–H and O–H groups in total. The minimum atomic E-state index is -1.17. The van der Waals surface area contributed by atoms with Crippen molar-refractivity contribution in [1.82, 2.24) is 4.98 Å². The Morgan fingerprint density at radius 2 is 2.29 bits per heavy atom. The van der Waals surface area contributed by atoms with Crippen molar-refractivity contribution in [2.75, 3.05) is 7.11 Å². The van der Waals surface area contributed by atoms with Crippen LogP contribution in [0.2, 0.25) is 0 Å². The average Bonchev–Trinajstić information content (AvgIpc) is 2.17. The normalized spacial score (nSPS) is 9.50. The fourth-order valence-electron chi connectivity index (χ4n) is 0.919. The molecule has 0 saturated carbocycles. The number of pyridine rings is 1. The van der Waals surface area contributed by atoms with Crippen LogP contribution in [0.4, 0.5) is 0 Å². The number of rotatable bonds is 4. The molecule has 1 heterocycles. The number of Topliss-reactive ketones (excluding diaryl/α,β-unsaturated/α-hetero) is 1. The van der Waals surface area contributed by atoms with Gasteiger partial charge in [0.05, 0.1) is 7.11 Å². The van der Waals surface area contributed by atoms with Gasteiger partial charge in [0.1, 0.15) is 17.9 Å². The molecule has 0 radical (unpaired) electrons. The summed E-state index contributed by atoms with van der Waals surface area (Å²) in [6.45, 7) is 0. The Labute approximate surface area is 80.3 Å². The van der Waals surface area contributed by atoms with E-state index in [1.54, 1.807) is 6.07 Å². The number of carbonyl (C=O) groups is 2. The zero-order valence-corrected chi connectivity index (χ0v) is 7.56. The largest absolute Gasteiger partial charge is 0.497 e. The third kappa shape index (κ3) is 2.55. The molecular formula is C9H9NO4. The van der Waals surface area contributed by atoms with Crippen molar-refractivity contribution >= 4 is 11.8 Å². The van der Waals surface area contributed by atoms with E-state index >= 15 is 0 Å². The molecule has 5 heteroatoms. The molecule has 0 unspecified atom stereocenters. The summed E-state index contributed by atoms with van der Waals surface area (Å²) in [5.41, 5.74) is 0.103. The molecule has 0 fully saturated rings. The number of nitrogens with zero attached hydrogens (tertiary/aromatic N) is 1. The van der Waals surface area contributed by atoms with E-state index in [-0.39, 0.29) is 5.69 Å². The van der Waals surface area contributed by atoms with Gasteiger partial charge in [-0.25, -0.2) is 0 Å². The van der Waals surface area contributed by atoms with Gasteiger partial charge in [-0.1, -0.05) is 0 Å². The first-order chi connectivity index (χ1) is 6.63. The minimum absolute atomic E-state index is 0.103. The maximum Gasteiger partial charge on any atom is 0.311 e. The van der Waals surface area contributed by atoms with Crippen LogP contribution in [0.25, 0.3) is 0 Å². The van der Waals surface area contributed by atoms with E-state index < -0.39 is 18.2 Å². The predicted octanol–water partition coefficient (Wildman–Crippen LogP) is 0.748. The first-order valence-corrected chi connectivity index (χ1v) is 3.88. The van der Waals surface area contributed by atoms with Crippen molar-refractivity contribution in [2.45, 2.75) is 6.42 Å². The lowest BCUT2D eigenvalue weighted by Crippen LogP contribution is -2.08. The van der Waals surface area contributed by atoms with Gasteiger partial charge in [-0.15, -0.1) is 0 Å². The second kappa shape index (κ2) is 4.36. The highest BCUT2D eigenvalue weighted by atomic mass is 16.5. The van der Waals surface area contributed by atoms with Crippen LogP contribution < -0.4 is 4.74 Å². The zero-order valence-electron chi connectivity index (χ0n) is 7.56. The van der Waals surface area contributed by atoms with Gasteiger partial charge in [0.2, 0.25) is 0 Å². The number of aromatic nitrogens is 1. The molecule has 0 spiro atoms. The van der Waals surface area contributed by atoms with Crippen molar-refractivity contribution in [3.8, 4) is 5.75 Å². The van der Waals surface area contributed by atoms with E-state index in [4.69, 9.17) is 9.84 Å². The van der Waals surface area contributed by atoms with Crippen molar-refractivity contribution in [3.63, 3.8) is 0 Å². The fraction of sp³-hybridized carbons (Fsp3) is 0.222. The molecule has 0 amide bonds. The van der Waals surface area contributed by atoms with Gasteiger partial charge in [0.25, 0.3) is 0 Å². The predicted molar refractivity (Wildman–Crippen MR) is 47.4 cm³/mol. The molecular weight excluding hydrogens is 186 g/mol. The van der Waals surface area contributed by atoms with Crippen LogP contribution in [0.15, 0.2) is 18.3 Å². The molecule has 5 nitrogen and oxygen atoms in total. The van der Waals surface area contributed by atoms with Gasteiger partial charge >= 0.3 is 5.97 Å². The van der Waals surface area contributed by atoms with Crippen LogP contribution >= 0.6 is 0 Å². The Bertz CT molecular complexity index is 362. The first-order valence-electron chi connectivity index (χ1n) is 3.88. The maximum absolute atomic E-state index is 11.2. The number of aliphatic carboxylic acids is 1. The molecule has 0 aromatic carbocycles. The van der Waals surface area contributed by atoms with E-state index in [1.165, 1.54) is 19.4 Å². The number of ketones is 1. The van der Waals surface area contributed by atoms with Crippen LogP contribution in [-0.2, 0) is 4.79 Å². The highest BCUT2D eigenvalue weighted by Gasteiger charge is 2.12. The highest BCUT2D eigenvalue weighted by Crippen LogP contribution is 2.11. The summed E-state index contributed by atoms with van der Waals surface area (Å²) in [4.78, 5) is 25.2. The number of carbonyl (C=O) groups excluding carboxylic acids is 1. The van der Waals surface area contributed by atoms with Gasteiger partial charge in [-0.3, -0.25) is 14.6 Å². The lowest BCUT2D eigenvalue weighted by molar-refractivity contribution is -0.135. The molecule has 1 aromatic rings. The van der Waals surface area contributed by atoms with Crippen molar-refractivity contribution < 1.29 is 19.4 Å². The van der Waals surface area contributed by atoms with E-state index in [0.29, 0.717) is 5.75 Å². The molecule has 0 saturated heterocycles. The second-order valence-corrected chi connectivity index (χ2v) is 2.57. The summed E-state index contributed by atoms with van der Waals surface area (Å²) in [5.74, 6) is -1.22. The lowest BCUT2D eigenvalue weighted by atomic mass is 10.2. The quantitative estimate of drug-likeness (QED) is 0.566. The van der Waals surface area contributed by atoms with Gasteiger partial charge in [-0.05, 0) is 6.07 Å². The molecule has 14 heavy (non-hydrogen) atoms. The molecule has 0 atom stereocenters. The Morgan fingerprint density at radius 3 is 2.86 bits per heavy atom. The monoisotopic (exact) mass is 195 g/mol. The Hall–Kier alpha value is -1.91. The van der Waals surface area contributed by atoms with Crippen molar-refractivity contribution in [2.24, 2.45) is 0 Å². The number of hydrogen-bond acceptors (Lipinski definition) is 4. The Balaban J connectivity index is 2.84. The number of methoxy groups -OCH3 is 1. The summed E-state index contributed by atoms with van der Waals surface area (Å²) in [6.07, 6.45) is 0.841. The summed E-state index contributed by atoms with van der Waals surface area (Å²) in [5, 5.41) is 8.39. The lowest BCUT2D eigenvalue weighted by Gasteiger charge is -2.00. The second-order valence-electron chi connectivity index (χ2n) is 2.57. The topological polar surface area (TPSA) is 76.5 Å². The van der Waals surface area contributed by atoms with Gasteiger partial charge < -0.3 is 9.84 Å². The Morgan fingerprint density at radius 1 is 1.57 bits per heavy atom. The van der Waals surface area contributed by atoms with E-state index in [1.807, 2.05) is 0 Å².